The first-order valence-electron chi connectivity index (χ1n) is 8.41. The van der Waals surface area contributed by atoms with E-state index in [1.807, 2.05) is 13.2 Å². The van der Waals surface area contributed by atoms with Gasteiger partial charge in [0.2, 0.25) is 5.91 Å². The number of amides is 1. The number of carbonyl (C=O) groups excluding carboxylic acids is 1. The molecule has 0 bridgehead atoms. The number of hydrogen-bond acceptors (Lipinski definition) is 4. The molecule has 10 heteroatoms. The number of anilines is 1. The van der Waals surface area contributed by atoms with Crippen molar-refractivity contribution in [1.82, 2.24) is 24.9 Å². The standard InChI is InChI=1S/C18H19FN6O.2ClH/c1-24-11-12(8-22-24)14-9-20-10-15(14)18(26)23-13-3-4-17(16(19)7-13)25-6-2-5-21-25;;/h2-8,11,14-15,20H,9-10H2,1H3,(H,23,26);2*1H/t14-,15+;;/m1../s1. The third-order valence-corrected chi connectivity index (χ3v) is 4.67. The number of hydrogen-bond donors (Lipinski definition) is 2. The highest BCUT2D eigenvalue weighted by atomic mass is 35.5. The zero-order valence-electron chi connectivity index (χ0n) is 15.1. The van der Waals surface area contributed by atoms with Crippen LogP contribution in [0.3, 0.4) is 0 Å². The summed E-state index contributed by atoms with van der Waals surface area (Å²) in [6.07, 6.45) is 6.97. The van der Waals surface area contributed by atoms with Crippen molar-refractivity contribution in [3.63, 3.8) is 0 Å². The zero-order valence-corrected chi connectivity index (χ0v) is 16.7. The van der Waals surface area contributed by atoms with Crippen molar-refractivity contribution < 1.29 is 9.18 Å². The van der Waals surface area contributed by atoms with E-state index in [1.165, 1.54) is 10.7 Å². The first kappa shape index (κ1) is 21.9. The van der Waals surface area contributed by atoms with Crippen molar-refractivity contribution in [1.29, 1.82) is 0 Å². The van der Waals surface area contributed by atoms with Crippen LogP contribution in [-0.2, 0) is 11.8 Å². The van der Waals surface area contributed by atoms with Gasteiger partial charge in [0.1, 0.15) is 5.69 Å². The maximum Gasteiger partial charge on any atom is 0.229 e. The highest BCUT2D eigenvalue weighted by molar-refractivity contribution is 5.93. The van der Waals surface area contributed by atoms with E-state index in [4.69, 9.17) is 0 Å². The zero-order chi connectivity index (χ0) is 18.1. The molecule has 0 spiro atoms. The summed E-state index contributed by atoms with van der Waals surface area (Å²) in [6.45, 7) is 1.30. The van der Waals surface area contributed by atoms with Gasteiger partial charge in [0.25, 0.3) is 0 Å². The van der Waals surface area contributed by atoms with Gasteiger partial charge >= 0.3 is 0 Å². The third kappa shape index (κ3) is 4.35. The minimum Gasteiger partial charge on any atom is -0.326 e. The fraction of sp³-hybridized carbons (Fsp3) is 0.278. The molecule has 2 N–H and O–H groups in total. The van der Waals surface area contributed by atoms with Crippen LogP contribution in [0.5, 0.6) is 0 Å². The molecule has 28 heavy (non-hydrogen) atoms. The molecular weight excluding hydrogens is 406 g/mol. The van der Waals surface area contributed by atoms with Crippen LogP contribution < -0.4 is 10.6 Å². The summed E-state index contributed by atoms with van der Waals surface area (Å²) in [7, 11) is 1.85. The molecule has 1 aromatic carbocycles. The summed E-state index contributed by atoms with van der Waals surface area (Å²) in [5.74, 6) is -0.750. The minimum atomic E-state index is -0.445. The smallest absolute Gasteiger partial charge is 0.229 e. The van der Waals surface area contributed by atoms with E-state index in [1.54, 1.807) is 41.5 Å². The molecule has 4 rings (SSSR count). The maximum atomic E-state index is 14.3. The van der Waals surface area contributed by atoms with Gasteiger partial charge in [-0.1, -0.05) is 0 Å². The first-order chi connectivity index (χ1) is 12.6. The Labute approximate surface area is 174 Å². The average Bonchev–Trinajstić information content (AvgIpc) is 3.36. The molecule has 3 heterocycles. The largest absolute Gasteiger partial charge is 0.326 e. The van der Waals surface area contributed by atoms with Crippen LogP contribution in [0.4, 0.5) is 10.1 Å². The minimum absolute atomic E-state index is 0. The van der Waals surface area contributed by atoms with Gasteiger partial charge in [-0.05, 0) is 29.8 Å². The lowest BCUT2D eigenvalue weighted by atomic mass is 9.90. The number of aromatic nitrogens is 4. The highest BCUT2D eigenvalue weighted by Crippen LogP contribution is 2.29. The fourth-order valence-corrected chi connectivity index (χ4v) is 3.35. The van der Waals surface area contributed by atoms with Gasteiger partial charge in [0.15, 0.2) is 5.82 Å². The summed E-state index contributed by atoms with van der Waals surface area (Å²) in [4.78, 5) is 12.7. The Morgan fingerprint density at radius 1 is 1.29 bits per heavy atom. The maximum absolute atomic E-state index is 14.3. The molecule has 7 nitrogen and oxygen atoms in total. The predicted octanol–water partition coefficient (Wildman–Crippen LogP) is 2.53. The predicted molar refractivity (Wildman–Crippen MR) is 109 cm³/mol. The molecule has 2 atom stereocenters. The van der Waals surface area contributed by atoms with Crippen LogP contribution in [-0.4, -0.2) is 38.6 Å². The Morgan fingerprint density at radius 3 is 2.75 bits per heavy atom. The number of rotatable bonds is 4. The van der Waals surface area contributed by atoms with Gasteiger partial charge in [-0.2, -0.15) is 10.2 Å². The van der Waals surface area contributed by atoms with Crippen LogP contribution in [0.15, 0.2) is 49.1 Å². The highest BCUT2D eigenvalue weighted by Gasteiger charge is 2.34. The van der Waals surface area contributed by atoms with Gasteiger partial charge < -0.3 is 10.6 Å². The topological polar surface area (TPSA) is 76.8 Å². The van der Waals surface area contributed by atoms with Gasteiger partial charge in [0, 0.05) is 50.3 Å². The molecule has 1 saturated heterocycles. The lowest BCUT2D eigenvalue weighted by Gasteiger charge is -2.17. The first-order valence-corrected chi connectivity index (χ1v) is 8.41. The van der Waals surface area contributed by atoms with Crippen LogP contribution in [0.25, 0.3) is 5.69 Å². The fourth-order valence-electron chi connectivity index (χ4n) is 3.35. The molecule has 1 aliphatic rings. The average molecular weight is 427 g/mol. The van der Waals surface area contributed by atoms with Crippen molar-refractivity contribution in [3.05, 3.63) is 60.4 Å². The van der Waals surface area contributed by atoms with Gasteiger partial charge in [-0.25, -0.2) is 9.07 Å². The normalized spacial score (nSPS) is 18.2. The molecule has 1 fully saturated rings. The van der Waals surface area contributed by atoms with Crippen molar-refractivity contribution in [2.45, 2.75) is 5.92 Å². The summed E-state index contributed by atoms with van der Waals surface area (Å²) in [5, 5.41) is 14.3. The van der Waals surface area contributed by atoms with E-state index >= 15 is 0 Å². The molecule has 1 aliphatic heterocycles. The molecule has 2 aromatic heterocycles. The van der Waals surface area contributed by atoms with Crippen LogP contribution in [0, 0.1) is 11.7 Å². The van der Waals surface area contributed by atoms with Crippen LogP contribution >= 0.6 is 24.8 Å². The lowest BCUT2D eigenvalue weighted by molar-refractivity contribution is -0.119. The van der Waals surface area contributed by atoms with Gasteiger partial charge in [0.05, 0.1) is 12.1 Å². The lowest BCUT2D eigenvalue weighted by Crippen LogP contribution is -2.28. The molecule has 150 valence electrons. The quantitative estimate of drug-likeness (QED) is 0.671. The SMILES string of the molecule is Cl.Cl.Cn1cc([C@H]2CNC[C@@H]2C(=O)Nc2ccc(-n3cccn3)c(F)c2)cn1. The van der Waals surface area contributed by atoms with Gasteiger partial charge in [-0.15, -0.1) is 24.8 Å². The summed E-state index contributed by atoms with van der Waals surface area (Å²) < 4.78 is 17.5. The number of aryl methyl sites for hydroxylation is 1. The molecule has 1 amide bonds. The Kier molecular flexibility index (Phi) is 7.17. The Balaban J connectivity index is 0.00000140. The second kappa shape index (κ2) is 9.18. The van der Waals surface area contributed by atoms with E-state index in [0.717, 1.165) is 12.1 Å². The van der Waals surface area contributed by atoms with E-state index in [0.29, 0.717) is 17.9 Å². The van der Waals surface area contributed by atoms with E-state index in [2.05, 4.69) is 20.8 Å². The van der Waals surface area contributed by atoms with Crippen molar-refractivity contribution in [3.8, 4) is 5.69 Å². The Hall–Kier alpha value is -2.42. The van der Waals surface area contributed by atoms with E-state index in [-0.39, 0.29) is 42.6 Å². The molecule has 0 saturated carbocycles. The summed E-state index contributed by atoms with van der Waals surface area (Å²) in [5.41, 5.74) is 1.79. The number of benzene rings is 1. The third-order valence-electron chi connectivity index (χ3n) is 4.67. The summed E-state index contributed by atoms with van der Waals surface area (Å²) >= 11 is 0. The molecular formula is C18H21Cl2FN6O. The van der Waals surface area contributed by atoms with E-state index < -0.39 is 5.82 Å². The molecule has 0 aliphatic carbocycles. The Morgan fingerprint density at radius 2 is 2.11 bits per heavy atom. The summed E-state index contributed by atoms with van der Waals surface area (Å²) in [6, 6.07) is 6.32. The second-order valence-electron chi connectivity index (χ2n) is 6.42. The number of nitrogens with one attached hydrogen (secondary N) is 2. The number of halogens is 3. The Bertz CT molecular complexity index is 930. The van der Waals surface area contributed by atoms with Crippen molar-refractivity contribution in [2.75, 3.05) is 18.4 Å². The van der Waals surface area contributed by atoms with Crippen LogP contribution in [0.1, 0.15) is 11.5 Å². The van der Waals surface area contributed by atoms with Crippen molar-refractivity contribution >= 4 is 36.4 Å². The van der Waals surface area contributed by atoms with Crippen molar-refractivity contribution in [2.24, 2.45) is 13.0 Å². The molecule has 3 aromatic rings. The number of nitrogens with zero attached hydrogens (tertiary/aromatic N) is 4. The van der Waals surface area contributed by atoms with E-state index in [9.17, 15) is 9.18 Å². The van der Waals surface area contributed by atoms with Gasteiger partial charge in [-0.3, -0.25) is 9.48 Å². The monoisotopic (exact) mass is 426 g/mol. The van der Waals surface area contributed by atoms with Crippen LogP contribution in [0.2, 0.25) is 0 Å². The molecule has 0 radical (unpaired) electrons. The number of carbonyl (C=O) groups is 1. The molecule has 0 unspecified atom stereocenters. The second-order valence-corrected chi connectivity index (χ2v) is 6.42.